The molecule has 4 heteroatoms. The van der Waals surface area contributed by atoms with Crippen molar-refractivity contribution >= 4 is 6.03 Å². The second-order valence-corrected chi connectivity index (χ2v) is 1.85. The van der Waals surface area contributed by atoms with Crippen LogP contribution in [-0.4, -0.2) is 41.4 Å². The van der Waals surface area contributed by atoms with Gasteiger partial charge in [-0.2, -0.15) is 0 Å². The first-order chi connectivity index (χ1) is 3.64. The highest BCUT2D eigenvalue weighted by Gasteiger charge is 2.36. The molecular formula is C4H8N2O2. The fourth-order valence-electron chi connectivity index (χ4n) is 0.650. The smallest absolute Gasteiger partial charge is 0.326 e. The van der Waals surface area contributed by atoms with E-state index >= 15 is 0 Å². The maximum atomic E-state index is 10.5. The molecule has 2 amide bonds. The van der Waals surface area contributed by atoms with Crippen LogP contribution in [0.1, 0.15) is 0 Å². The second-order valence-electron chi connectivity index (χ2n) is 1.85. The van der Waals surface area contributed by atoms with Crippen molar-refractivity contribution in [2.24, 2.45) is 0 Å². The Morgan fingerprint density at radius 3 is 2.00 bits per heavy atom. The first-order valence-corrected chi connectivity index (χ1v) is 2.32. The molecule has 1 heterocycles. The predicted molar refractivity (Wildman–Crippen MR) is 26.9 cm³/mol. The average Bonchev–Trinajstić information content (AvgIpc) is 1.83. The summed E-state index contributed by atoms with van der Waals surface area (Å²) in [6, 6.07) is -0.141. The quantitative estimate of drug-likeness (QED) is 0.453. The highest BCUT2D eigenvalue weighted by atomic mass is 16.3. The van der Waals surface area contributed by atoms with Gasteiger partial charge in [-0.3, -0.25) is 9.80 Å². The van der Waals surface area contributed by atoms with Crippen LogP contribution in [0, 0.1) is 0 Å². The number of carbonyl (C=O) groups excluding carboxylic acids is 1. The summed E-state index contributed by atoms with van der Waals surface area (Å²) in [6.07, 6.45) is -0.706. The van der Waals surface area contributed by atoms with Gasteiger partial charge in [0.15, 0.2) is 0 Å². The zero-order chi connectivity index (χ0) is 6.31. The summed E-state index contributed by atoms with van der Waals surface area (Å²) in [5.74, 6) is 0. The molecule has 1 saturated heterocycles. The van der Waals surface area contributed by atoms with Gasteiger partial charge >= 0.3 is 6.03 Å². The van der Waals surface area contributed by atoms with Gasteiger partial charge < -0.3 is 5.11 Å². The van der Waals surface area contributed by atoms with Gasteiger partial charge in [0, 0.05) is 14.1 Å². The predicted octanol–water partition coefficient (Wildman–Crippen LogP) is -0.741. The molecule has 1 fully saturated rings. The third-order valence-corrected chi connectivity index (χ3v) is 1.30. The number of hydrogen-bond acceptors (Lipinski definition) is 2. The molecule has 1 N–H and O–H groups in total. The van der Waals surface area contributed by atoms with Crippen molar-refractivity contribution in [3.8, 4) is 0 Å². The maximum Gasteiger partial charge on any atom is 0.326 e. The van der Waals surface area contributed by atoms with Crippen molar-refractivity contribution in [1.82, 2.24) is 9.80 Å². The minimum atomic E-state index is -0.706. The van der Waals surface area contributed by atoms with Crippen molar-refractivity contribution in [3.05, 3.63) is 0 Å². The van der Waals surface area contributed by atoms with Crippen LogP contribution in [0.25, 0.3) is 0 Å². The van der Waals surface area contributed by atoms with Gasteiger partial charge in [-0.15, -0.1) is 0 Å². The number of hydrogen-bond donors (Lipinski definition) is 1. The van der Waals surface area contributed by atoms with E-state index in [1.165, 1.54) is 9.80 Å². The van der Waals surface area contributed by atoms with Crippen molar-refractivity contribution in [2.75, 3.05) is 14.1 Å². The van der Waals surface area contributed by atoms with Gasteiger partial charge in [0.1, 0.15) is 0 Å². The molecule has 1 aliphatic rings. The van der Waals surface area contributed by atoms with E-state index in [9.17, 15) is 4.79 Å². The van der Waals surface area contributed by atoms with Gasteiger partial charge in [-0.25, -0.2) is 4.79 Å². The van der Waals surface area contributed by atoms with E-state index in [0.29, 0.717) is 0 Å². The Hall–Kier alpha value is -0.770. The van der Waals surface area contributed by atoms with Crippen molar-refractivity contribution in [2.45, 2.75) is 6.35 Å². The van der Waals surface area contributed by atoms with Crippen LogP contribution in [0.4, 0.5) is 4.79 Å². The van der Waals surface area contributed by atoms with Crippen LogP contribution in [0.3, 0.4) is 0 Å². The van der Waals surface area contributed by atoms with E-state index in [-0.39, 0.29) is 6.03 Å². The SMILES string of the molecule is CN1C(=O)N(C)C1O. The molecule has 0 saturated carbocycles. The zero-order valence-corrected chi connectivity index (χ0v) is 4.83. The number of aliphatic hydroxyl groups is 1. The molecule has 0 radical (unpaired) electrons. The summed E-state index contributed by atoms with van der Waals surface area (Å²) in [5.41, 5.74) is 0. The van der Waals surface area contributed by atoms with Crippen LogP contribution in [0.5, 0.6) is 0 Å². The molecule has 1 aliphatic heterocycles. The van der Waals surface area contributed by atoms with Crippen molar-refractivity contribution in [1.29, 1.82) is 0 Å². The summed E-state index contributed by atoms with van der Waals surface area (Å²) in [5, 5.41) is 8.79. The highest BCUT2D eigenvalue weighted by Crippen LogP contribution is 2.12. The zero-order valence-electron chi connectivity index (χ0n) is 4.83. The van der Waals surface area contributed by atoms with Crippen LogP contribution in [-0.2, 0) is 0 Å². The van der Waals surface area contributed by atoms with Crippen molar-refractivity contribution in [3.63, 3.8) is 0 Å². The molecule has 0 unspecified atom stereocenters. The molecule has 0 atom stereocenters. The summed E-state index contributed by atoms with van der Waals surface area (Å²) >= 11 is 0. The standard InChI is InChI=1S/C4H8N2O2/c1-5-3(7)6(2)4(5)8/h3,7H,1-2H3. The molecule has 8 heavy (non-hydrogen) atoms. The van der Waals surface area contributed by atoms with Gasteiger partial charge in [0.05, 0.1) is 0 Å². The fraction of sp³-hybridized carbons (Fsp3) is 0.750. The third-order valence-electron chi connectivity index (χ3n) is 1.30. The van der Waals surface area contributed by atoms with Crippen LogP contribution in [0.2, 0.25) is 0 Å². The molecule has 0 aromatic carbocycles. The Bertz CT molecular complexity index is 113. The number of nitrogens with zero attached hydrogens (tertiary/aromatic N) is 2. The van der Waals surface area contributed by atoms with Gasteiger partial charge in [0.25, 0.3) is 0 Å². The summed E-state index contributed by atoms with van der Waals surface area (Å²) in [6.45, 7) is 0. The van der Waals surface area contributed by atoms with Crippen molar-refractivity contribution < 1.29 is 9.90 Å². The van der Waals surface area contributed by atoms with E-state index < -0.39 is 6.35 Å². The van der Waals surface area contributed by atoms with Crippen LogP contribution in [0.15, 0.2) is 0 Å². The monoisotopic (exact) mass is 116 g/mol. The molecular weight excluding hydrogens is 108 g/mol. The minimum absolute atomic E-state index is 0.141. The minimum Gasteiger partial charge on any atom is -0.356 e. The molecule has 4 nitrogen and oxygen atoms in total. The van der Waals surface area contributed by atoms with E-state index in [1.807, 2.05) is 0 Å². The Morgan fingerprint density at radius 1 is 1.50 bits per heavy atom. The topological polar surface area (TPSA) is 43.8 Å². The van der Waals surface area contributed by atoms with Crippen LogP contribution < -0.4 is 0 Å². The molecule has 0 aromatic rings. The number of rotatable bonds is 0. The molecule has 1 rings (SSSR count). The molecule has 0 spiro atoms. The molecule has 0 aromatic heterocycles. The lowest BCUT2D eigenvalue weighted by molar-refractivity contribution is -0.114. The van der Waals surface area contributed by atoms with E-state index in [2.05, 4.69) is 0 Å². The second kappa shape index (κ2) is 1.35. The fourth-order valence-corrected chi connectivity index (χ4v) is 0.650. The Labute approximate surface area is 47.3 Å². The third kappa shape index (κ3) is 0.403. The van der Waals surface area contributed by atoms with Gasteiger partial charge in [-0.1, -0.05) is 0 Å². The summed E-state index contributed by atoms with van der Waals surface area (Å²) < 4.78 is 0. The van der Waals surface area contributed by atoms with Gasteiger partial charge in [-0.05, 0) is 0 Å². The average molecular weight is 116 g/mol. The number of aliphatic hydroxyl groups excluding tert-OH is 1. The van der Waals surface area contributed by atoms with Crippen LogP contribution >= 0.6 is 0 Å². The van der Waals surface area contributed by atoms with E-state index in [1.54, 1.807) is 14.1 Å². The maximum absolute atomic E-state index is 10.5. The lowest BCUT2D eigenvalue weighted by Crippen LogP contribution is -2.64. The number of amides is 2. The Morgan fingerprint density at radius 2 is 1.88 bits per heavy atom. The number of carbonyl (C=O) groups is 1. The summed E-state index contributed by atoms with van der Waals surface area (Å²) in [4.78, 5) is 13.0. The molecule has 0 aliphatic carbocycles. The van der Waals surface area contributed by atoms with E-state index in [4.69, 9.17) is 5.11 Å². The summed E-state index contributed by atoms with van der Waals surface area (Å²) in [7, 11) is 3.10. The molecule has 46 valence electrons. The Kier molecular flexibility index (Phi) is 0.907. The highest BCUT2D eigenvalue weighted by molar-refractivity contribution is 5.79. The lowest BCUT2D eigenvalue weighted by Gasteiger charge is -2.42. The number of urea groups is 1. The normalized spacial score (nSPS) is 21.6. The largest absolute Gasteiger partial charge is 0.356 e. The first-order valence-electron chi connectivity index (χ1n) is 2.32. The first kappa shape index (κ1) is 5.37. The lowest BCUT2D eigenvalue weighted by atomic mass is 10.5. The van der Waals surface area contributed by atoms with Gasteiger partial charge in [0.2, 0.25) is 6.35 Å². The Balaban J connectivity index is 2.55. The molecule has 0 bridgehead atoms. The van der Waals surface area contributed by atoms with E-state index in [0.717, 1.165) is 0 Å².